The second-order valence-electron chi connectivity index (χ2n) is 2.54. The highest BCUT2D eigenvalue weighted by molar-refractivity contribution is 5.62. The van der Waals surface area contributed by atoms with Crippen molar-refractivity contribution in [1.29, 1.82) is 0 Å². The normalized spacial score (nSPS) is 8.17. The Balaban J connectivity index is 0. The predicted molar refractivity (Wildman–Crippen MR) is 48.1 cm³/mol. The van der Waals surface area contributed by atoms with Crippen LogP contribution in [0.2, 0.25) is 0 Å². The Bertz CT molecular complexity index is 106. The van der Waals surface area contributed by atoms with Crippen LogP contribution in [0, 0.1) is 0 Å². The quantitative estimate of drug-likeness (QED) is 0.513. The van der Waals surface area contributed by atoms with E-state index in [4.69, 9.17) is 9.90 Å². The second kappa shape index (κ2) is 12.8. The summed E-state index contributed by atoms with van der Waals surface area (Å²) >= 11 is 0. The van der Waals surface area contributed by atoms with E-state index in [0.717, 1.165) is 26.1 Å². The fraction of sp³-hybridized carbons (Fsp3) is 0.778. The molecule has 0 saturated heterocycles. The van der Waals surface area contributed by atoms with Gasteiger partial charge in [-0.1, -0.05) is 26.2 Å². The molecule has 12 heavy (non-hydrogen) atoms. The van der Waals surface area contributed by atoms with Gasteiger partial charge in [-0.05, 0) is 6.42 Å². The van der Waals surface area contributed by atoms with Crippen molar-refractivity contribution in [2.75, 3.05) is 0 Å². The Labute approximate surface area is 73.8 Å². The standard InChI is InChI=1S/C7H14O.C2H4O2/c1-2-3-4-5-6-7-8;1-2(3)4/h7H,2-6H2,1H3;1H3,(H,3,4). The largest absolute Gasteiger partial charge is 0.481 e. The fourth-order valence-electron chi connectivity index (χ4n) is 0.654. The summed E-state index contributed by atoms with van der Waals surface area (Å²) in [5.74, 6) is -0.833. The van der Waals surface area contributed by atoms with E-state index in [9.17, 15) is 4.79 Å². The second-order valence-corrected chi connectivity index (χ2v) is 2.54. The van der Waals surface area contributed by atoms with Crippen molar-refractivity contribution in [3.05, 3.63) is 0 Å². The molecule has 3 heteroatoms. The molecule has 0 bridgehead atoms. The summed E-state index contributed by atoms with van der Waals surface area (Å²) in [6.07, 6.45) is 6.56. The van der Waals surface area contributed by atoms with Crippen molar-refractivity contribution in [3.63, 3.8) is 0 Å². The molecule has 0 saturated carbocycles. The topological polar surface area (TPSA) is 54.4 Å². The minimum absolute atomic E-state index is 0.750. The molecule has 0 aliphatic heterocycles. The highest BCUT2D eigenvalue weighted by Gasteiger charge is 1.83. The summed E-state index contributed by atoms with van der Waals surface area (Å²) in [5, 5.41) is 7.42. The molecule has 3 nitrogen and oxygen atoms in total. The van der Waals surface area contributed by atoms with E-state index in [2.05, 4.69) is 6.92 Å². The van der Waals surface area contributed by atoms with Gasteiger partial charge in [0.2, 0.25) is 0 Å². The first-order valence-electron chi connectivity index (χ1n) is 4.28. The molecule has 0 atom stereocenters. The minimum Gasteiger partial charge on any atom is -0.481 e. The van der Waals surface area contributed by atoms with Crippen LogP contribution >= 0.6 is 0 Å². The third kappa shape index (κ3) is 35.3. The number of carboxylic acid groups (broad SMARTS) is 1. The molecule has 0 radical (unpaired) electrons. The van der Waals surface area contributed by atoms with Crippen LogP contribution in [0.15, 0.2) is 0 Å². The molecule has 0 aliphatic carbocycles. The Morgan fingerprint density at radius 3 is 2.17 bits per heavy atom. The van der Waals surface area contributed by atoms with Crippen molar-refractivity contribution in [2.45, 2.75) is 46.0 Å². The Kier molecular flexibility index (Phi) is 14.6. The molecular formula is C9H18O3. The maximum absolute atomic E-state index is 9.77. The number of unbranched alkanes of at least 4 members (excludes halogenated alkanes) is 4. The lowest BCUT2D eigenvalue weighted by molar-refractivity contribution is -0.134. The van der Waals surface area contributed by atoms with Gasteiger partial charge in [0.15, 0.2) is 0 Å². The number of aldehydes is 1. The van der Waals surface area contributed by atoms with E-state index in [1.807, 2.05) is 0 Å². The molecule has 0 unspecified atom stereocenters. The van der Waals surface area contributed by atoms with Crippen LogP contribution in [-0.2, 0) is 9.59 Å². The monoisotopic (exact) mass is 174 g/mol. The molecule has 0 aromatic rings. The highest BCUT2D eigenvalue weighted by Crippen LogP contribution is 1.99. The van der Waals surface area contributed by atoms with Gasteiger partial charge in [-0.3, -0.25) is 4.79 Å². The zero-order valence-electron chi connectivity index (χ0n) is 7.88. The van der Waals surface area contributed by atoms with Gasteiger partial charge >= 0.3 is 0 Å². The van der Waals surface area contributed by atoms with Crippen LogP contribution < -0.4 is 0 Å². The highest BCUT2D eigenvalue weighted by atomic mass is 16.4. The van der Waals surface area contributed by atoms with Gasteiger partial charge in [-0.15, -0.1) is 0 Å². The van der Waals surface area contributed by atoms with Crippen molar-refractivity contribution in [2.24, 2.45) is 0 Å². The first-order chi connectivity index (χ1) is 5.65. The maximum Gasteiger partial charge on any atom is 0.300 e. The SMILES string of the molecule is CC(=O)O.CCCCCCC=O. The van der Waals surface area contributed by atoms with Crippen LogP contribution in [0.1, 0.15) is 46.0 Å². The van der Waals surface area contributed by atoms with Crippen molar-refractivity contribution in [3.8, 4) is 0 Å². The lowest BCUT2D eigenvalue weighted by Crippen LogP contribution is -1.78. The third-order valence-electron chi connectivity index (χ3n) is 1.18. The average molecular weight is 174 g/mol. The number of carboxylic acids is 1. The molecule has 0 rings (SSSR count). The molecule has 0 aromatic carbocycles. The number of hydrogen-bond acceptors (Lipinski definition) is 2. The van der Waals surface area contributed by atoms with Gasteiger partial charge in [-0.25, -0.2) is 0 Å². The Morgan fingerprint density at radius 1 is 1.33 bits per heavy atom. The third-order valence-corrected chi connectivity index (χ3v) is 1.18. The van der Waals surface area contributed by atoms with Gasteiger partial charge in [0.05, 0.1) is 0 Å². The van der Waals surface area contributed by atoms with E-state index in [1.54, 1.807) is 0 Å². The summed E-state index contributed by atoms with van der Waals surface area (Å²) in [5.41, 5.74) is 0. The van der Waals surface area contributed by atoms with Crippen LogP contribution in [0.3, 0.4) is 0 Å². The number of hydrogen-bond donors (Lipinski definition) is 1. The minimum atomic E-state index is -0.833. The first-order valence-corrected chi connectivity index (χ1v) is 4.28. The maximum atomic E-state index is 9.77. The molecule has 0 spiro atoms. The number of carbonyl (C=O) groups excluding carboxylic acids is 1. The molecular weight excluding hydrogens is 156 g/mol. The molecule has 0 aromatic heterocycles. The first kappa shape index (κ1) is 13.7. The van der Waals surface area contributed by atoms with Crippen LogP contribution in [0.4, 0.5) is 0 Å². The van der Waals surface area contributed by atoms with E-state index in [1.165, 1.54) is 19.3 Å². The summed E-state index contributed by atoms with van der Waals surface area (Å²) in [4.78, 5) is 18.8. The van der Waals surface area contributed by atoms with Crippen molar-refractivity contribution >= 4 is 12.3 Å². The van der Waals surface area contributed by atoms with E-state index in [0.29, 0.717) is 0 Å². The van der Waals surface area contributed by atoms with E-state index < -0.39 is 5.97 Å². The number of carbonyl (C=O) groups is 2. The van der Waals surface area contributed by atoms with Crippen molar-refractivity contribution in [1.82, 2.24) is 0 Å². The van der Waals surface area contributed by atoms with E-state index in [-0.39, 0.29) is 0 Å². The zero-order valence-corrected chi connectivity index (χ0v) is 7.88. The molecule has 72 valence electrons. The summed E-state index contributed by atoms with van der Waals surface area (Å²) in [6, 6.07) is 0. The molecule has 0 heterocycles. The van der Waals surface area contributed by atoms with Crippen LogP contribution in [0.5, 0.6) is 0 Å². The summed E-state index contributed by atoms with van der Waals surface area (Å²) < 4.78 is 0. The number of rotatable bonds is 5. The Hall–Kier alpha value is -0.860. The van der Waals surface area contributed by atoms with Gasteiger partial charge in [0, 0.05) is 13.3 Å². The lowest BCUT2D eigenvalue weighted by Gasteiger charge is -1.90. The van der Waals surface area contributed by atoms with Gasteiger partial charge < -0.3 is 9.90 Å². The van der Waals surface area contributed by atoms with Crippen LogP contribution in [0.25, 0.3) is 0 Å². The molecule has 1 N–H and O–H groups in total. The summed E-state index contributed by atoms with van der Waals surface area (Å²) in [6.45, 7) is 3.25. The Morgan fingerprint density at radius 2 is 1.83 bits per heavy atom. The number of aliphatic carboxylic acids is 1. The fourth-order valence-corrected chi connectivity index (χ4v) is 0.654. The van der Waals surface area contributed by atoms with Crippen LogP contribution in [-0.4, -0.2) is 17.4 Å². The van der Waals surface area contributed by atoms with Gasteiger partial charge in [0.25, 0.3) is 5.97 Å². The summed E-state index contributed by atoms with van der Waals surface area (Å²) in [7, 11) is 0. The molecule has 0 fully saturated rings. The van der Waals surface area contributed by atoms with E-state index >= 15 is 0 Å². The predicted octanol–water partition coefficient (Wildman–Crippen LogP) is 2.25. The smallest absolute Gasteiger partial charge is 0.300 e. The van der Waals surface area contributed by atoms with Gasteiger partial charge in [-0.2, -0.15) is 0 Å². The van der Waals surface area contributed by atoms with Crippen molar-refractivity contribution < 1.29 is 14.7 Å². The molecule has 0 amide bonds. The zero-order chi connectivity index (χ0) is 9.82. The lowest BCUT2D eigenvalue weighted by atomic mass is 10.2. The average Bonchev–Trinajstić information content (AvgIpc) is 1.97. The molecule has 0 aliphatic rings. The van der Waals surface area contributed by atoms with Gasteiger partial charge in [0.1, 0.15) is 6.29 Å².